The largest absolute Gasteiger partial charge is 0.454 e. The maximum atomic E-state index is 6.79. The Morgan fingerprint density at radius 1 is 0.774 bits per heavy atom. The van der Waals surface area contributed by atoms with E-state index in [4.69, 9.17) is 4.42 Å². The Labute approximate surface area is 182 Å². The van der Waals surface area contributed by atoms with Crippen molar-refractivity contribution in [1.29, 1.82) is 0 Å². The molecule has 0 radical (unpaired) electrons. The standard InChI is InChI=1S/C29H26NO/c1-17-9-13-22-21(16-17)26-23(29(22,3)4)14-12-20-19-11-10-18(2)25(27(19)31-28(20)26)24-8-6-7-15-30(24)5/h6-16H,1-5H3/q+1. The third-order valence-corrected chi connectivity index (χ3v) is 7.12. The van der Waals surface area contributed by atoms with Gasteiger partial charge >= 0.3 is 0 Å². The topological polar surface area (TPSA) is 17.0 Å². The van der Waals surface area contributed by atoms with Crippen LogP contribution >= 0.6 is 0 Å². The molecule has 0 bridgehead atoms. The average Bonchev–Trinajstić information content (AvgIpc) is 3.21. The number of furan rings is 1. The lowest BCUT2D eigenvalue weighted by molar-refractivity contribution is -0.660. The van der Waals surface area contributed by atoms with Crippen LogP contribution in [-0.4, -0.2) is 0 Å². The zero-order chi connectivity index (χ0) is 21.5. The van der Waals surface area contributed by atoms with Crippen molar-refractivity contribution >= 4 is 21.9 Å². The summed E-state index contributed by atoms with van der Waals surface area (Å²) in [5.74, 6) is 0. The van der Waals surface area contributed by atoms with Gasteiger partial charge in [0, 0.05) is 33.9 Å². The first-order chi connectivity index (χ1) is 14.9. The van der Waals surface area contributed by atoms with Gasteiger partial charge in [-0.2, -0.15) is 0 Å². The molecule has 0 unspecified atom stereocenters. The first-order valence-electron chi connectivity index (χ1n) is 10.9. The van der Waals surface area contributed by atoms with Crippen LogP contribution in [0.2, 0.25) is 0 Å². The van der Waals surface area contributed by atoms with Gasteiger partial charge in [-0.1, -0.05) is 61.9 Å². The summed E-state index contributed by atoms with van der Waals surface area (Å²) in [6, 6.07) is 22.1. The molecule has 2 aromatic heterocycles. The van der Waals surface area contributed by atoms with Gasteiger partial charge in [0.25, 0.3) is 0 Å². The number of aryl methyl sites for hydroxylation is 3. The van der Waals surface area contributed by atoms with Crippen molar-refractivity contribution < 1.29 is 8.98 Å². The second-order valence-corrected chi connectivity index (χ2v) is 9.47. The van der Waals surface area contributed by atoms with Gasteiger partial charge in [0.15, 0.2) is 6.20 Å². The Kier molecular flexibility index (Phi) is 3.60. The van der Waals surface area contributed by atoms with E-state index in [1.165, 1.54) is 49.7 Å². The van der Waals surface area contributed by atoms with Crippen molar-refractivity contribution in [2.75, 3.05) is 0 Å². The van der Waals surface area contributed by atoms with Gasteiger partial charge in [-0.3, -0.25) is 0 Å². The number of hydrogen-bond donors (Lipinski definition) is 0. The zero-order valence-electron chi connectivity index (χ0n) is 18.7. The van der Waals surface area contributed by atoms with Gasteiger partial charge in [0.1, 0.15) is 18.2 Å². The van der Waals surface area contributed by atoms with Crippen molar-refractivity contribution in [3.63, 3.8) is 0 Å². The van der Waals surface area contributed by atoms with Crippen molar-refractivity contribution in [3.8, 4) is 22.4 Å². The van der Waals surface area contributed by atoms with Crippen molar-refractivity contribution in [2.45, 2.75) is 33.1 Å². The SMILES string of the molecule is Cc1ccc2c(c1)-c1c(ccc3c1oc1c(-c4cccc[n+]4C)c(C)ccc13)C2(C)C. The fourth-order valence-corrected chi connectivity index (χ4v) is 5.45. The quantitative estimate of drug-likeness (QED) is 0.275. The molecular weight excluding hydrogens is 378 g/mol. The van der Waals surface area contributed by atoms with Gasteiger partial charge in [-0.25, -0.2) is 4.57 Å². The second kappa shape index (κ2) is 6.07. The Morgan fingerprint density at radius 2 is 1.48 bits per heavy atom. The summed E-state index contributed by atoms with van der Waals surface area (Å²) in [4.78, 5) is 0. The molecule has 2 heterocycles. The van der Waals surface area contributed by atoms with Gasteiger partial charge in [0.05, 0.1) is 5.56 Å². The van der Waals surface area contributed by atoms with E-state index in [0.717, 1.165) is 16.9 Å². The molecule has 0 spiro atoms. The average molecular weight is 405 g/mol. The maximum absolute atomic E-state index is 6.79. The van der Waals surface area contributed by atoms with E-state index in [0.29, 0.717) is 0 Å². The summed E-state index contributed by atoms with van der Waals surface area (Å²) in [5, 5.41) is 2.37. The molecule has 1 aliphatic rings. The van der Waals surface area contributed by atoms with Gasteiger partial charge in [-0.05, 0) is 42.2 Å². The lowest BCUT2D eigenvalue weighted by Gasteiger charge is -2.21. The molecule has 1 aliphatic carbocycles. The number of pyridine rings is 1. The Morgan fingerprint density at radius 3 is 2.26 bits per heavy atom. The van der Waals surface area contributed by atoms with E-state index in [-0.39, 0.29) is 5.41 Å². The fourth-order valence-electron chi connectivity index (χ4n) is 5.45. The zero-order valence-corrected chi connectivity index (χ0v) is 18.7. The third kappa shape index (κ3) is 2.36. The summed E-state index contributed by atoms with van der Waals surface area (Å²) in [6.45, 7) is 8.98. The summed E-state index contributed by atoms with van der Waals surface area (Å²) < 4.78 is 8.96. The molecule has 152 valence electrons. The fraction of sp³-hybridized carbons (Fsp3) is 0.207. The van der Waals surface area contributed by atoms with Gasteiger partial charge < -0.3 is 4.42 Å². The minimum absolute atomic E-state index is 0.0316. The molecule has 5 aromatic rings. The molecule has 6 rings (SSSR count). The number of benzene rings is 3. The van der Waals surface area contributed by atoms with E-state index < -0.39 is 0 Å². The van der Waals surface area contributed by atoms with Crippen molar-refractivity contribution in [2.24, 2.45) is 7.05 Å². The van der Waals surface area contributed by atoms with E-state index in [1.54, 1.807) is 0 Å². The summed E-state index contributed by atoms with van der Waals surface area (Å²) in [6.07, 6.45) is 2.09. The van der Waals surface area contributed by atoms with E-state index >= 15 is 0 Å². The van der Waals surface area contributed by atoms with Gasteiger partial charge in [0.2, 0.25) is 5.69 Å². The molecule has 0 saturated heterocycles. The Balaban J connectivity index is 1.77. The molecular formula is C29H26NO+. The molecule has 0 fully saturated rings. The molecule has 0 aliphatic heterocycles. The van der Waals surface area contributed by atoms with Crippen LogP contribution in [0.15, 0.2) is 71.3 Å². The minimum atomic E-state index is -0.0316. The van der Waals surface area contributed by atoms with Crippen LogP contribution in [0.5, 0.6) is 0 Å². The van der Waals surface area contributed by atoms with E-state index in [2.05, 4.69) is 106 Å². The Bertz CT molecular complexity index is 1530. The highest BCUT2D eigenvalue weighted by Crippen LogP contribution is 2.53. The molecule has 0 N–H and O–H groups in total. The highest BCUT2D eigenvalue weighted by Gasteiger charge is 2.37. The highest BCUT2D eigenvalue weighted by atomic mass is 16.3. The predicted molar refractivity (Wildman–Crippen MR) is 127 cm³/mol. The summed E-state index contributed by atoms with van der Waals surface area (Å²) in [7, 11) is 2.09. The number of rotatable bonds is 1. The van der Waals surface area contributed by atoms with Crippen molar-refractivity contribution in [1.82, 2.24) is 0 Å². The number of hydrogen-bond acceptors (Lipinski definition) is 1. The predicted octanol–water partition coefficient (Wildman–Crippen LogP) is 7.00. The summed E-state index contributed by atoms with van der Waals surface area (Å²) >= 11 is 0. The molecule has 3 aromatic carbocycles. The van der Waals surface area contributed by atoms with Crippen LogP contribution < -0.4 is 4.57 Å². The van der Waals surface area contributed by atoms with Gasteiger partial charge in [-0.15, -0.1) is 0 Å². The molecule has 2 nitrogen and oxygen atoms in total. The van der Waals surface area contributed by atoms with Crippen LogP contribution in [0.1, 0.15) is 36.1 Å². The van der Waals surface area contributed by atoms with Crippen LogP contribution in [0.3, 0.4) is 0 Å². The minimum Gasteiger partial charge on any atom is -0.454 e. The monoisotopic (exact) mass is 404 g/mol. The molecule has 0 saturated carbocycles. The van der Waals surface area contributed by atoms with Crippen LogP contribution in [0, 0.1) is 13.8 Å². The molecule has 31 heavy (non-hydrogen) atoms. The normalized spacial score (nSPS) is 14.2. The van der Waals surface area contributed by atoms with Crippen LogP contribution in [-0.2, 0) is 12.5 Å². The van der Waals surface area contributed by atoms with Crippen LogP contribution in [0.4, 0.5) is 0 Å². The maximum Gasteiger partial charge on any atom is 0.216 e. The molecule has 0 atom stereocenters. The lowest BCUT2D eigenvalue weighted by atomic mass is 9.82. The lowest BCUT2D eigenvalue weighted by Crippen LogP contribution is -2.30. The highest BCUT2D eigenvalue weighted by molar-refractivity contribution is 6.14. The Hall–Kier alpha value is -3.39. The second-order valence-electron chi connectivity index (χ2n) is 9.47. The first-order valence-corrected chi connectivity index (χ1v) is 10.9. The molecule has 0 amide bonds. The smallest absolute Gasteiger partial charge is 0.216 e. The van der Waals surface area contributed by atoms with E-state index in [9.17, 15) is 0 Å². The third-order valence-electron chi connectivity index (χ3n) is 7.12. The van der Waals surface area contributed by atoms with E-state index in [1.807, 2.05) is 0 Å². The first kappa shape index (κ1) is 18.4. The van der Waals surface area contributed by atoms with Crippen molar-refractivity contribution in [3.05, 3.63) is 89.1 Å². The number of aromatic nitrogens is 1. The summed E-state index contributed by atoms with van der Waals surface area (Å²) in [5.41, 5.74) is 12.1. The molecule has 2 heteroatoms. The number of nitrogens with zero attached hydrogens (tertiary/aromatic N) is 1. The van der Waals surface area contributed by atoms with Crippen LogP contribution in [0.25, 0.3) is 44.3 Å². The number of fused-ring (bicyclic) bond motifs is 7.